The van der Waals surface area contributed by atoms with Crippen LogP contribution in [0.25, 0.3) is 0 Å². The predicted molar refractivity (Wildman–Crippen MR) is 91.4 cm³/mol. The third-order valence-corrected chi connectivity index (χ3v) is 5.58. The maximum atomic E-state index is 12.8. The van der Waals surface area contributed by atoms with E-state index in [4.69, 9.17) is 23.2 Å². The van der Waals surface area contributed by atoms with Gasteiger partial charge in [-0.25, -0.2) is 4.79 Å². The first-order valence-electron chi connectivity index (χ1n) is 7.97. The van der Waals surface area contributed by atoms with Gasteiger partial charge >= 0.3 is 6.03 Å². The van der Waals surface area contributed by atoms with Crippen molar-refractivity contribution in [2.45, 2.75) is 38.1 Å². The molecule has 0 bridgehead atoms. The second-order valence-corrected chi connectivity index (χ2v) is 7.33. The summed E-state index contributed by atoms with van der Waals surface area (Å²) in [4.78, 5) is 38.6. The molecule has 3 amide bonds. The van der Waals surface area contributed by atoms with E-state index in [1.165, 1.54) is 12.1 Å². The average molecular weight is 369 g/mol. The van der Waals surface area contributed by atoms with E-state index in [9.17, 15) is 14.4 Å². The summed E-state index contributed by atoms with van der Waals surface area (Å²) in [5.74, 6) is -0.638. The molecule has 0 radical (unpaired) electrons. The van der Waals surface area contributed by atoms with Crippen molar-refractivity contribution in [1.29, 1.82) is 0 Å². The van der Waals surface area contributed by atoms with Crippen LogP contribution in [0.1, 0.15) is 43.0 Å². The van der Waals surface area contributed by atoms with Crippen LogP contribution in [0, 0.1) is 5.92 Å². The molecular formula is C17H18Cl2N2O3. The summed E-state index contributed by atoms with van der Waals surface area (Å²) in [7, 11) is 0. The van der Waals surface area contributed by atoms with Crippen molar-refractivity contribution in [3.63, 3.8) is 0 Å². The van der Waals surface area contributed by atoms with Gasteiger partial charge in [0.25, 0.3) is 5.91 Å². The van der Waals surface area contributed by atoms with E-state index >= 15 is 0 Å². The SMILES string of the molecule is C[C@H]1CCCC[C@]12NC(=O)N(CC(=O)c1ccc(Cl)cc1Cl)C2=O. The van der Waals surface area contributed by atoms with Crippen LogP contribution in [0.2, 0.25) is 10.0 Å². The van der Waals surface area contributed by atoms with Crippen LogP contribution in [0.3, 0.4) is 0 Å². The highest BCUT2D eigenvalue weighted by molar-refractivity contribution is 6.37. The molecule has 2 aliphatic rings. The summed E-state index contributed by atoms with van der Waals surface area (Å²) in [6.07, 6.45) is 3.44. The van der Waals surface area contributed by atoms with Crippen molar-refractivity contribution < 1.29 is 14.4 Å². The zero-order chi connectivity index (χ0) is 17.5. The lowest BCUT2D eigenvalue weighted by Crippen LogP contribution is -2.54. The number of nitrogens with zero attached hydrogens (tertiary/aromatic N) is 1. The van der Waals surface area contributed by atoms with Gasteiger partial charge in [0, 0.05) is 10.6 Å². The van der Waals surface area contributed by atoms with Gasteiger partial charge in [-0.2, -0.15) is 0 Å². The molecule has 0 unspecified atom stereocenters. The van der Waals surface area contributed by atoms with Crippen LogP contribution in [0.5, 0.6) is 0 Å². The number of rotatable bonds is 3. The monoisotopic (exact) mass is 368 g/mol. The normalized spacial score (nSPS) is 26.8. The molecule has 1 aromatic carbocycles. The van der Waals surface area contributed by atoms with E-state index in [1.807, 2.05) is 6.92 Å². The second-order valence-electron chi connectivity index (χ2n) is 6.49. The zero-order valence-electron chi connectivity index (χ0n) is 13.3. The number of amides is 3. The first-order valence-corrected chi connectivity index (χ1v) is 8.73. The maximum absolute atomic E-state index is 12.8. The highest BCUT2D eigenvalue weighted by Gasteiger charge is 2.55. The largest absolute Gasteiger partial charge is 0.325 e. The summed E-state index contributed by atoms with van der Waals surface area (Å²) in [5, 5.41) is 3.46. The summed E-state index contributed by atoms with van der Waals surface area (Å²) in [5.41, 5.74) is -0.612. The van der Waals surface area contributed by atoms with E-state index in [-0.39, 0.29) is 34.7 Å². The van der Waals surface area contributed by atoms with Crippen LogP contribution >= 0.6 is 23.2 Å². The Kier molecular flexibility index (Phi) is 4.58. The summed E-state index contributed by atoms with van der Waals surface area (Å²) in [6.45, 7) is 1.65. The van der Waals surface area contributed by atoms with Crippen LogP contribution in [-0.2, 0) is 4.79 Å². The number of carbonyl (C=O) groups is 3. The summed E-state index contributed by atoms with van der Waals surface area (Å²) >= 11 is 11.9. The van der Waals surface area contributed by atoms with Gasteiger partial charge in [-0.3, -0.25) is 14.5 Å². The maximum Gasteiger partial charge on any atom is 0.325 e. The van der Waals surface area contributed by atoms with Crippen molar-refractivity contribution in [1.82, 2.24) is 10.2 Å². The molecule has 1 N–H and O–H groups in total. The Hall–Kier alpha value is -1.59. The van der Waals surface area contributed by atoms with E-state index in [1.54, 1.807) is 6.07 Å². The van der Waals surface area contributed by atoms with Gasteiger partial charge in [-0.15, -0.1) is 0 Å². The lowest BCUT2D eigenvalue weighted by atomic mass is 9.73. The Balaban J connectivity index is 1.81. The first-order chi connectivity index (χ1) is 11.3. The van der Waals surface area contributed by atoms with Crippen LogP contribution in [-0.4, -0.2) is 34.7 Å². The predicted octanol–water partition coefficient (Wildman–Crippen LogP) is 3.68. The van der Waals surface area contributed by atoms with E-state index in [2.05, 4.69) is 5.32 Å². The lowest BCUT2D eigenvalue weighted by Gasteiger charge is -2.36. The molecule has 1 aliphatic carbocycles. The minimum Gasteiger partial charge on any atom is -0.323 e. The molecular weight excluding hydrogens is 351 g/mol. The first kappa shape index (κ1) is 17.2. The van der Waals surface area contributed by atoms with E-state index in [0.717, 1.165) is 24.2 Å². The molecule has 2 atom stereocenters. The standard InChI is InChI=1S/C17H18Cl2N2O3/c1-10-4-2-3-7-17(10)15(23)21(16(24)20-17)9-14(22)12-6-5-11(18)8-13(12)19/h5-6,8,10H,2-4,7,9H2,1H3,(H,20,24)/t10-,17-/m0/s1. The molecule has 1 saturated carbocycles. The van der Waals surface area contributed by atoms with E-state index < -0.39 is 11.6 Å². The van der Waals surface area contributed by atoms with Gasteiger partial charge in [0.05, 0.1) is 11.6 Å². The molecule has 5 nitrogen and oxygen atoms in total. The Morgan fingerprint density at radius 3 is 2.75 bits per heavy atom. The molecule has 2 fully saturated rings. The van der Waals surface area contributed by atoms with Gasteiger partial charge in [0.15, 0.2) is 5.78 Å². The number of carbonyl (C=O) groups excluding carboxylic acids is 3. The van der Waals surface area contributed by atoms with Crippen molar-refractivity contribution >= 4 is 40.9 Å². The molecule has 7 heteroatoms. The molecule has 1 aliphatic heterocycles. The molecule has 128 valence electrons. The van der Waals surface area contributed by atoms with Crippen LogP contribution in [0.15, 0.2) is 18.2 Å². The number of nitrogens with one attached hydrogen (secondary N) is 1. The molecule has 1 heterocycles. The second kappa shape index (κ2) is 6.37. The topological polar surface area (TPSA) is 66.5 Å². The highest BCUT2D eigenvalue weighted by Crippen LogP contribution is 2.38. The van der Waals surface area contributed by atoms with Gasteiger partial charge in [0.1, 0.15) is 5.54 Å². The minimum atomic E-state index is -0.862. The minimum absolute atomic E-state index is 0.0573. The van der Waals surface area contributed by atoms with Crippen molar-refractivity contribution in [3.05, 3.63) is 33.8 Å². The smallest absolute Gasteiger partial charge is 0.323 e. The average Bonchev–Trinajstić information content (AvgIpc) is 2.75. The third-order valence-electron chi connectivity index (χ3n) is 5.03. The fourth-order valence-electron chi connectivity index (χ4n) is 3.58. The Labute approximate surface area is 150 Å². The Bertz CT molecular complexity index is 722. The van der Waals surface area contributed by atoms with E-state index in [0.29, 0.717) is 11.4 Å². The zero-order valence-corrected chi connectivity index (χ0v) is 14.8. The summed E-state index contributed by atoms with van der Waals surface area (Å²) in [6, 6.07) is 4.02. The van der Waals surface area contributed by atoms with Gasteiger partial charge in [-0.1, -0.05) is 43.0 Å². The lowest BCUT2D eigenvalue weighted by molar-refractivity contribution is -0.133. The number of hydrogen-bond acceptors (Lipinski definition) is 3. The van der Waals surface area contributed by atoms with Crippen molar-refractivity contribution in [2.24, 2.45) is 5.92 Å². The van der Waals surface area contributed by atoms with Crippen molar-refractivity contribution in [2.75, 3.05) is 6.54 Å². The number of imide groups is 1. The van der Waals surface area contributed by atoms with Crippen LogP contribution in [0.4, 0.5) is 4.79 Å². The molecule has 3 rings (SSSR count). The summed E-state index contributed by atoms with van der Waals surface area (Å²) < 4.78 is 0. The van der Waals surface area contributed by atoms with Crippen molar-refractivity contribution in [3.8, 4) is 0 Å². The quantitative estimate of drug-likeness (QED) is 0.653. The Morgan fingerprint density at radius 1 is 1.33 bits per heavy atom. The molecule has 1 aromatic rings. The van der Waals surface area contributed by atoms with Gasteiger partial charge < -0.3 is 5.32 Å². The fourth-order valence-corrected chi connectivity index (χ4v) is 4.10. The molecule has 24 heavy (non-hydrogen) atoms. The molecule has 0 aromatic heterocycles. The fraction of sp³-hybridized carbons (Fsp3) is 0.471. The molecule has 1 spiro atoms. The number of benzene rings is 1. The third kappa shape index (κ3) is 2.80. The highest BCUT2D eigenvalue weighted by atomic mass is 35.5. The number of Topliss-reactive ketones (excluding diaryl/α,β-unsaturated/α-hetero) is 1. The number of ketones is 1. The molecule has 1 saturated heterocycles. The number of urea groups is 1. The van der Waals surface area contributed by atoms with Gasteiger partial charge in [-0.05, 0) is 37.0 Å². The number of halogens is 2. The number of hydrogen-bond donors (Lipinski definition) is 1. The Morgan fingerprint density at radius 2 is 2.08 bits per heavy atom. The van der Waals surface area contributed by atoms with Gasteiger partial charge in [0.2, 0.25) is 0 Å². The van der Waals surface area contributed by atoms with Crippen LogP contribution < -0.4 is 5.32 Å².